The highest BCUT2D eigenvalue weighted by atomic mass is 32.2. The Morgan fingerprint density at radius 2 is 2.12 bits per heavy atom. The second-order valence-corrected chi connectivity index (χ2v) is 10.7. The molecule has 0 aromatic heterocycles. The van der Waals surface area contributed by atoms with Crippen molar-refractivity contribution in [1.82, 2.24) is 5.48 Å². The van der Waals surface area contributed by atoms with E-state index in [2.05, 4.69) is 11.8 Å². The Kier molecular flexibility index (Phi) is 6.78. The predicted molar refractivity (Wildman–Crippen MR) is 112 cm³/mol. The number of cyclic esters (lactones) is 1. The molecule has 0 radical (unpaired) electrons. The minimum Gasteiger partial charge on any atom is -0.444 e. The zero-order valence-corrected chi connectivity index (χ0v) is 18.7. The summed E-state index contributed by atoms with van der Waals surface area (Å²) in [6.07, 6.45) is 0.455. The summed E-state index contributed by atoms with van der Waals surface area (Å²) in [4.78, 5) is 25.3. The molecular weight excluding hydrogens is 443 g/mol. The van der Waals surface area contributed by atoms with Gasteiger partial charge in [0.2, 0.25) is 0 Å². The molecule has 2 amide bonds. The number of ether oxygens (including phenoxy) is 2. The summed E-state index contributed by atoms with van der Waals surface area (Å²) in [5, 5.41) is 8.93. The molecule has 1 aliphatic heterocycles. The second-order valence-electron chi connectivity index (χ2n) is 8.23. The molecule has 1 aromatic carbocycles. The molecule has 11 heteroatoms. The lowest BCUT2D eigenvalue weighted by Crippen LogP contribution is -2.51. The van der Waals surface area contributed by atoms with E-state index >= 15 is 0 Å². The molecular formula is C21H25FN2O7S. The highest BCUT2D eigenvalue weighted by Crippen LogP contribution is 2.32. The summed E-state index contributed by atoms with van der Waals surface area (Å²) in [7, 11) is -2.32. The molecule has 2 N–H and O–H groups in total. The van der Waals surface area contributed by atoms with Gasteiger partial charge in [-0.3, -0.25) is 14.9 Å². The number of halogens is 1. The molecule has 0 unspecified atom stereocenters. The van der Waals surface area contributed by atoms with Crippen LogP contribution in [0.1, 0.15) is 31.7 Å². The Hall–Kier alpha value is -2.68. The van der Waals surface area contributed by atoms with Crippen LogP contribution in [0.3, 0.4) is 0 Å². The molecule has 0 bridgehead atoms. The van der Waals surface area contributed by atoms with Gasteiger partial charge in [0.15, 0.2) is 14.6 Å². The zero-order chi connectivity index (χ0) is 23.7. The number of anilines is 1. The average Bonchev–Trinajstić information content (AvgIpc) is 3.05. The van der Waals surface area contributed by atoms with Crippen LogP contribution in [0.25, 0.3) is 0 Å². The second kappa shape index (κ2) is 9.05. The normalized spacial score (nSPS) is 24.6. The van der Waals surface area contributed by atoms with E-state index in [4.69, 9.17) is 14.7 Å². The van der Waals surface area contributed by atoms with E-state index in [-0.39, 0.29) is 24.3 Å². The largest absolute Gasteiger partial charge is 0.444 e. The first-order chi connectivity index (χ1) is 15.0. The average molecular weight is 469 g/mol. The van der Waals surface area contributed by atoms with Gasteiger partial charge in [0.05, 0.1) is 18.3 Å². The lowest BCUT2D eigenvalue weighted by Gasteiger charge is -2.30. The number of rotatable bonds is 6. The Labute approximate surface area is 185 Å². The van der Waals surface area contributed by atoms with Gasteiger partial charge < -0.3 is 9.47 Å². The van der Waals surface area contributed by atoms with Crippen LogP contribution in [0.5, 0.6) is 0 Å². The van der Waals surface area contributed by atoms with Crippen LogP contribution < -0.4 is 10.4 Å². The SMILES string of the molecule is COC1CC(C#Cc2ccc(N3C[C@H](C[C@](C)(C(=O)NO)S(C)(=O)=O)OC3=O)c(F)c2)C1. The van der Waals surface area contributed by atoms with E-state index in [9.17, 15) is 22.4 Å². The smallest absolute Gasteiger partial charge is 0.414 e. The number of carbonyl (C=O) groups excluding carboxylic acids is 2. The van der Waals surface area contributed by atoms with E-state index in [1.807, 2.05) is 0 Å². The molecule has 1 aliphatic carbocycles. The first-order valence-corrected chi connectivity index (χ1v) is 11.8. The maximum atomic E-state index is 14.7. The molecule has 1 saturated heterocycles. The molecule has 1 saturated carbocycles. The summed E-state index contributed by atoms with van der Waals surface area (Å²) in [5.41, 5.74) is 1.75. The number of hydroxylamine groups is 1. The van der Waals surface area contributed by atoms with Crippen molar-refractivity contribution < 1.29 is 37.1 Å². The highest BCUT2D eigenvalue weighted by Gasteiger charge is 2.48. The number of nitrogens with one attached hydrogen (secondary N) is 1. The number of benzene rings is 1. The topological polar surface area (TPSA) is 122 Å². The first-order valence-electron chi connectivity index (χ1n) is 9.94. The van der Waals surface area contributed by atoms with Gasteiger partial charge in [-0.1, -0.05) is 11.8 Å². The molecule has 1 aromatic rings. The van der Waals surface area contributed by atoms with Gasteiger partial charge in [-0.15, -0.1) is 0 Å². The van der Waals surface area contributed by atoms with Crippen molar-refractivity contribution in [3.63, 3.8) is 0 Å². The first kappa shape index (κ1) is 24.0. The van der Waals surface area contributed by atoms with E-state index in [0.29, 0.717) is 5.56 Å². The van der Waals surface area contributed by atoms with Gasteiger partial charge in [-0.05, 0) is 38.0 Å². The maximum absolute atomic E-state index is 14.7. The number of methoxy groups -OCH3 is 1. The molecule has 2 aliphatic rings. The van der Waals surface area contributed by atoms with Crippen LogP contribution >= 0.6 is 0 Å². The van der Waals surface area contributed by atoms with Crippen molar-refractivity contribution in [3.8, 4) is 11.8 Å². The van der Waals surface area contributed by atoms with Crippen molar-refractivity contribution in [2.24, 2.45) is 5.92 Å². The van der Waals surface area contributed by atoms with E-state index in [0.717, 1.165) is 30.9 Å². The van der Waals surface area contributed by atoms with Gasteiger partial charge in [0.1, 0.15) is 11.9 Å². The third-order valence-corrected chi connectivity index (χ3v) is 7.97. The highest BCUT2D eigenvalue weighted by molar-refractivity contribution is 7.92. The Morgan fingerprint density at radius 1 is 1.44 bits per heavy atom. The van der Waals surface area contributed by atoms with Crippen LogP contribution in [0.15, 0.2) is 18.2 Å². The summed E-state index contributed by atoms with van der Waals surface area (Å²) in [5.74, 6) is 4.37. The Morgan fingerprint density at radius 3 is 2.69 bits per heavy atom. The quantitative estimate of drug-likeness (QED) is 0.370. The number of sulfone groups is 1. The molecule has 3 rings (SSSR count). The number of hydrogen-bond acceptors (Lipinski definition) is 7. The van der Waals surface area contributed by atoms with E-state index in [1.54, 1.807) is 13.2 Å². The third kappa shape index (κ3) is 4.72. The number of amides is 2. The van der Waals surface area contributed by atoms with Crippen molar-refractivity contribution in [2.75, 3.05) is 24.8 Å². The predicted octanol–water partition coefficient (Wildman–Crippen LogP) is 1.63. The van der Waals surface area contributed by atoms with Crippen LogP contribution in [0, 0.1) is 23.6 Å². The summed E-state index contributed by atoms with van der Waals surface area (Å²) in [6.45, 7) is 0.959. The van der Waals surface area contributed by atoms with Gasteiger partial charge in [0.25, 0.3) is 5.91 Å². The van der Waals surface area contributed by atoms with Crippen molar-refractivity contribution in [2.45, 2.75) is 43.1 Å². The van der Waals surface area contributed by atoms with Gasteiger partial charge in [-0.2, -0.15) is 0 Å². The Balaban J connectivity index is 1.72. The van der Waals surface area contributed by atoms with Crippen LogP contribution in [-0.4, -0.2) is 62.5 Å². The summed E-state index contributed by atoms with van der Waals surface area (Å²) >= 11 is 0. The molecule has 174 valence electrons. The number of nitrogens with zero attached hydrogens (tertiary/aromatic N) is 1. The number of carbonyl (C=O) groups is 2. The van der Waals surface area contributed by atoms with Crippen LogP contribution in [0.2, 0.25) is 0 Å². The minimum absolute atomic E-state index is 0.0428. The fourth-order valence-electron chi connectivity index (χ4n) is 3.65. The number of hydrogen-bond donors (Lipinski definition) is 2. The van der Waals surface area contributed by atoms with Crippen molar-refractivity contribution >= 4 is 27.5 Å². The summed E-state index contributed by atoms with van der Waals surface area (Å²) < 4.78 is 47.3. The monoisotopic (exact) mass is 468 g/mol. The maximum Gasteiger partial charge on any atom is 0.414 e. The molecule has 2 fully saturated rings. The van der Waals surface area contributed by atoms with Gasteiger partial charge >= 0.3 is 6.09 Å². The van der Waals surface area contributed by atoms with Crippen LogP contribution in [-0.2, 0) is 24.1 Å². The standard InChI is InChI=1S/C21H25FN2O7S/c1-21(19(25)23-27,32(3,28)29)11-16-12-24(20(26)31-16)18-7-6-13(10-17(18)22)4-5-14-8-15(9-14)30-2/h6-7,10,14-16,27H,8-9,11-12H2,1-3H3,(H,23,25)/t14?,15?,16-,21+/m0/s1. The zero-order valence-electron chi connectivity index (χ0n) is 17.9. The minimum atomic E-state index is -3.97. The molecule has 2 atom stereocenters. The van der Waals surface area contributed by atoms with Gasteiger partial charge in [-0.25, -0.2) is 23.1 Å². The van der Waals surface area contributed by atoms with Gasteiger partial charge in [0, 0.05) is 31.3 Å². The fraction of sp³-hybridized carbons (Fsp3) is 0.524. The van der Waals surface area contributed by atoms with E-state index < -0.39 is 44.9 Å². The molecule has 0 spiro atoms. The molecule has 32 heavy (non-hydrogen) atoms. The Bertz CT molecular complexity index is 1080. The lowest BCUT2D eigenvalue weighted by molar-refractivity contribution is -0.132. The molecule has 1 heterocycles. The van der Waals surface area contributed by atoms with Crippen molar-refractivity contribution in [3.05, 3.63) is 29.6 Å². The fourth-order valence-corrected chi connectivity index (χ4v) is 4.53. The van der Waals surface area contributed by atoms with Crippen LogP contribution in [0.4, 0.5) is 14.9 Å². The molecule has 9 nitrogen and oxygen atoms in total. The third-order valence-electron chi connectivity index (χ3n) is 5.98. The summed E-state index contributed by atoms with van der Waals surface area (Å²) in [6, 6.07) is 4.20. The van der Waals surface area contributed by atoms with E-state index in [1.165, 1.54) is 17.6 Å². The van der Waals surface area contributed by atoms with Crippen molar-refractivity contribution in [1.29, 1.82) is 0 Å². The lowest BCUT2D eigenvalue weighted by atomic mass is 9.83.